The number of likely N-dealkylation sites (N-methyl/N-ethyl adjacent to an activating group) is 1. The van der Waals surface area contributed by atoms with Crippen LogP contribution in [0.25, 0.3) is 0 Å². The van der Waals surface area contributed by atoms with Gasteiger partial charge in [-0.05, 0) is 50.3 Å². The van der Waals surface area contributed by atoms with Crippen LogP contribution in [0, 0.1) is 19.8 Å². The lowest BCUT2D eigenvalue weighted by atomic mass is 9.99. The van der Waals surface area contributed by atoms with E-state index < -0.39 is 0 Å². The zero-order chi connectivity index (χ0) is 15.1. The monoisotopic (exact) mass is 291 g/mol. The Morgan fingerprint density at radius 1 is 1.29 bits per heavy atom. The molecule has 2 rings (SSSR count). The zero-order valence-electron chi connectivity index (χ0n) is 13.7. The molecule has 0 bridgehead atoms. The van der Waals surface area contributed by atoms with E-state index in [4.69, 9.17) is 9.47 Å². The second kappa shape index (κ2) is 8.52. The van der Waals surface area contributed by atoms with Crippen LogP contribution in [0.2, 0.25) is 0 Å². The highest BCUT2D eigenvalue weighted by molar-refractivity contribution is 5.32. The molecule has 118 valence electrons. The van der Waals surface area contributed by atoms with Gasteiger partial charge in [-0.25, -0.2) is 0 Å². The lowest BCUT2D eigenvalue weighted by Gasteiger charge is -2.25. The Bertz CT molecular complexity index is 427. The molecule has 3 heteroatoms. The average molecular weight is 291 g/mol. The number of ether oxygens (including phenoxy) is 2. The fourth-order valence-electron chi connectivity index (χ4n) is 2.99. The molecular formula is C18H29NO2. The number of benzene rings is 1. The van der Waals surface area contributed by atoms with Gasteiger partial charge in [-0.1, -0.05) is 30.7 Å². The first-order valence-corrected chi connectivity index (χ1v) is 8.16. The highest BCUT2D eigenvalue weighted by Crippen LogP contribution is 2.21. The molecule has 0 radical (unpaired) electrons. The van der Waals surface area contributed by atoms with Gasteiger partial charge in [0.15, 0.2) is 0 Å². The van der Waals surface area contributed by atoms with E-state index in [0.717, 1.165) is 45.8 Å². The van der Waals surface area contributed by atoms with Crippen LogP contribution in [-0.4, -0.2) is 33.0 Å². The highest BCUT2D eigenvalue weighted by atomic mass is 16.5. The Labute approximate surface area is 129 Å². The predicted molar refractivity (Wildman–Crippen MR) is 86.7 cm³/mol. The molecule has 0 aliphatic carbocycles. The van der Waals surface area contributed by atoms with Crippen molar-refractivity contribution in [3.8, 4) is 0 Å². The van der Waals surface area contributed by atoms with Crippen molar-refractivity contribution in [2.75, 3.05) is 33.0 Å². The van der Waals surface area contributed by atoms with Crippen LogP contribution in [0.3, 0.4) is 0 Å². The van der Waals surface area contributed by atoms with E-state index in [1.807, 2.05) is 0 Å². The molecule has 0 aromatic heterocycles. The fraction of sp³-hybridized carbons (Fsp3) is 0.667. The van der Waals surface area contributed by atoms with E-state index in [-0.39, 0.29) is 6.04 Å². The van der Waals surface area contributed by atoms with Crippen molar-refractivity contribution in [3.63, 3.8) is 0 Å². The number of nitrogens with one attached hydrogen (secondary N) is 1. The van der Waals surface area contributed by atoms with E-state index >= 15 is 0 Å². The first-order valence-electron chi connectivity index (χ1n) is 8.16. The third kappa shape index (κ3) is 5.10. The Hall–Kier alpha value is -0.900. The van der Waals surface area contributed by atoms with Gasteiger partial charge in [0.05, 0.1) is 12.6 Å². The number of hydrogen-bond acceptors (Lipinski definition) is 3. The molecule has 1 aliphatic rings. The minimum atomic E-state index is 0.287. The summed E-state index contributed by atoms with van der Waals surface area (Å²) in [5.74, 6) is 0.667. The van der Waals surface area contributed by atoms with Crippen molar-refractivity contribution in [2.24, 2.45) is 5.92 Å². The Morgan fingerprint density at radius 3 is 2.71 bits per heavy atom. The molecule has 1 aromatic carbocycles. The molecule has 1 aliphatic heterocycles. The van der Waals surface area contributed by atoms with Crippen molar-refractivity contribution in [1.29, 1.82) is 0 Å². The number of rotatable bonds is 7. The van der Waals surface area contributed by atoms with Gasteiger partial charge in [0.2, 0.25) is 0 Å². The summed E-state index contributed by atoms with van der Waals surface area (Å²) in [6, 6.07) is 6.95. The molecular weight excluding hydrogens is 262 g/mol. The molecule has 1 atom stereocenters. The second-order valence-corrected chi connectivity index (χ2v) is 6.06. The van der Waals surface area contributed by atoms with E-state index in [9.17, 15) is 0 Å². The largest absolute Gasteiger partial charge is 0.381 e. The number of hydrogen-bond donors (Lipinski definition) is 1. The molecule has 1 heterocycles. The van der Waals surface area contributed by atoms with Crippen LogP contribution < -0.4 is 5.32 Å². The maximum absolute atomic E-state index is 6.01. The summed E-state index contributed by atoms with van der Waals surface area (Å²) in [5, 5.41) is 3.55. The minimum Gasteiger partial charge on any atom is -0.381 e. The fourth-order valence-corrected chi connectivity index (χ4v) is 2.99. The maximum atomic E-state index is 6.01. The molecule has 21 heavy (non-hydrogen) atoms. The van der Waals surface area contributed by atoms with Crippen LogP contribution in [0.4, 0.5) is 0 Å². The molecule has 0 saturated carbocycles. The smallest absolute Gasteiger partial charge is 0.0661 e. The van der Waals surface area contributed by atoms with Crippen LogP contribution >= 0.6 is 0 Å². The predicted octanol–water partition coefficient (Wildman–Crippen LogP) is 3.40. The Kier molecular flexibility index (Phi) is 6.68. The Morgan fingerprint density at radius 2 is 2.05 bits per heavy atom. The quantitative estimate of drug-likeness (QED) is 0.835. The van der Waals surface area contributed by atoms with E-state index in [2.05, 4.69) is 44.3 Å². The van der Waals surface area contributed by atoms with Crippen molar-refractivity contribution >= 4 is 0 Å². The molecule has 1 fully saturated rings. The number of aryl methyl sites for hydroxylation is 2. The van der Waals surface area contributed by atoms with Crippen molar-refractivity contribution in [1.82, 2.24) is 5.32 Å². The molecule has 1 aromatic rings. The summed E-state index contributed by atoms with van der Waals surface area (Å²) in [7, 11) is 0. The second-order valence-electron chi connectivity index (χ2n) is 6.06. The van der Waals surface area contributed by atoms with Gasteiger partial charge in [0.1, 0.15) is 0 Å². The van der Waals surface area contributed by atoms with Gasteiger partial charge in [0.25, 0.3) is 0 Å². The summed E-state index contributed by atoms with van der Waals surface area (Å²) < 4.78 is 11.4. The van der Waals surface area contributed by atoms with Crippen molar-refractivity contribution in [2.45, 2.75) is 39.7 Å². The topological polar surface area (TPSA) is 30.5 Å². The van der Waals surface area contributed by atoms with Crippen LogP contribution in [0.1, 0.15) is 42.5 Å². The lowest BCUT2D eigenvalue weighted by Crippen LogP contribution is -2.28. The normalized spacial score (nSPS) is 17.9. The first kappa shape index (κ1) is 16.5. The van der Waals surface area contributed by atoms with Gasteiger partial charge in [-0.2, -0.15) is 0 Å². The molecule has 1 N–H and O–H groups in total. The summed E-state index contributed by atoms with van der Waals surface area (Å²) in [6.45, 7) is 10.8. The maximum Gasteiger partial charge on any atom is 0.0661 e. The van der Waals surface area contributed by atoms with Crippen LogP contribution in [0.15, 0.2) is 18.2 Å². The van der Waals surface area contributed by atoms with Crippen molar-refractivity contribution < 1.29 is 9.47 Å². The summed E-state index contributed by atoms with van der Waals surface area (Å²) in [4.78, 5) is 0. The van der Waals surface area contributed by atoms with Crippen molar-refractivity contribution in [3.05, 3.63) is 34.9 Å². The van der Waals surface area contributed by atoms with Gasteiger partial charge in [0, 0.05) is 19.8 Å². The van der Waals surface area contributed by atoms with Crippen LogP contribution in [-0.2, 0) is 9.47 Å². The Balaban J connectivity index is 1.88. The third-order valence-electron chi connectivity index (χ3n) is 4.23. The standard InChI is InChI=1S/C18H29NO2/c1-4-19-18(17-6-5-14(2)11-15(17)3)13-21-12-16-7-9-20-10-8-16/h5-6,11,16,18-19H,4,7-10,12-13H2,1-3H3. The summed E-state index contributed by atoms with van der Waals surface area (Å²) >= 11 is 0. The van der Waals surface area contributed by atoms with E-state index in [1.54, 1.807) is 0 Å². The average Bonchev–Trinajstić information content (AvgIpc) is 2.48. The SMILES string of the molecule is CCNC(COCC1CCOCC1)c1ccc(C)cc1C. The highest BCUT2D eigenvalue weighted by Gasteiger charge is 2.17. The van der Waals surface area contributed by atoms with Gasteiger partial charge < -0.3 is 14.8 Å². The van der Waals surface area contributed by atoms with E-state index in [0.29, 0.717) is 5.92 Å². The van der Waals surface area contributed by atoms with Gasteiger partial charge in [-0.3, -0.25) is 0 Å². The molecule has 0 amide bonds. The van der Waals surface area contributed by atoms with Gasteiger partial charge in [-0.15, -0.1) is 0 Å². The molecule has 1 unspecified atom stereocenters. The first-order chi connectivity index (χ1) is 10.2. The minimum absolute atomic E-state index is 0.287. The lowest BCUT2D eigenvalue weighted by molar-refractivity contribution is 0.0152. The molecule has 0 spiro atoms. The molecule has 3 nitrogen and oxygen atoms in total. The zero-order valence-corrected chi connectivity index (χ0v) is 13.7. The molecule has 1 saturated heterocycles. The third-order valence-corrected chi connectivity index (χ3v) is 4.23. The van der Waals surface area contributed by atoms with Crippen LogP contribution in [0.5, 0.6) is 0 Å². The summed E-state index contributed by atoms with van der Waals surface area (Å²) in [6.07, 6.45) is 2.27. The van der Waals surface area contributed by atoms with Gasteiger partial charge >= 0.3 is 0 Å². The van der Waals surface area contributed by atoms with E-state index in [1.165, 1.54) is 16.7 Å². The summed E-state index contributed by atoms with van der Waals surface area (Å²) in [5.41, 5.74) is 4.01.